The van der Waals surface area contributed by atoms with Crippen molar-refractivity contribution in [3.63, 3.8) is 0 Å². The van der Waals surface area contributed by atoms with E-state index in [1.54, 1.807) is 57.2 Å². The maximum absolute atomic E-state index is 13.6. The van der Waals surface area contributed by atoms with E-state index >= 15 is 0 Å². The van der Waals surface area contributed by atoms with E-state index in [-0.39, 0.29) is 46.6 Å². The van der Waals surface area contributed by atoms with Gasteiger partial charge in [0.25, 0.3) is 0 Å². The van der Waals surface area contributed by atoms with Gasteiger partial charge in [-0.15, -0.1) is 0 Å². The molecule has 1 amide bonds. The number of benzene rings is 2. The van der Waals surface area contributed by atoms with Crippen molar-refractivity contribution in [1.82, 2.24) is 5.32 Å². The molecule has 2 N–H and O–H groups in total. The Labute approximate surface area is 289 Å². The van der Waals surface area contributed by atoms with E-state index in [0.717, 1.165) is 25.7 Å². The molecule has 4 fully saturated rings. The van der Waals surface area contributed by atoms with E-state index in [4.69, 9.17) is 14.2 Å². The number of ketones is 1. The van der Waals surface area contributed by atoms with Gasteiger partial charge in [-0.3, -0.25) is 4.79 Å². The lowest BCUT2D eigenvalue weighted by Gasteiger charge is -2.61. The normalized spacial score (nSPS) is 33.6. The molecule has 0 heterocycles. The summed E-state index contributed by atoms with van der Waals surface area (Å²) in [6.07, 6.45) is 2.61. The predicted octanol–water partition coefficient (Wildman–Crippen LogP) is 6.97. The zero-order valence-electron chi connectivity index (χ0n) is 29.4. The molecule has 264 valence electrons. The number of aliphatic hydroxyl groups excluding tert-OH is 1. The molecule has 0 spiro atoms. The molecule has 10 atom stereocenters. The van der Waals surface area contributed by atoms with Gasteiger partial charge in [0.15, 0.2) is 6.10 Å². The molecule has 0 bridgehead atoms. The van der Waals surface area contributed by atoms with Gasteiger partial charge in [-0.2, -0.15) is 0 Å². The number of hydrogen-bond acceptors (Lipinski definition) is 8. The van der Waals surface area contributed by atoms with Crippen LogP contribution in [0.15, 0.2) is 60.7 Å². The van der Waals surface area contributed by atoms with Crippen LogP contribution in [0, 0.1) is 34.5 Å². The van der Waals surface area contributed by atoms with Crippen LogP contribution < -0.4 is 5.32 Å². The van der Waals surface area contributed by atoms with Crippen molar-refractivity contribution in [3.05, 3.63) is 71.8 Å². The molecule has 0 radical (unpaired) electrons. The van der Waals surface area contributed by atoms with Crippen molar-refractivity contribution >= 4 is 23.8 Å². The van der Waals surface area contributed by atoms with Crippen molar-refractivity contribution in [1.29, 1.82) is 0 Å². The van der Waals surface area contributed by atoms with Crippen LogP contribution in [0.3, 0.4) is 0 Å². The minimum Gasteiger partial charge on any atom is -0.460 e. The summed E-state index contributed by atoms with van der Waals surface area (Å²) in [6, 6.07) is 16.8. The molecular weight excluding hydrogens is 622 g/mol. The largest absolute Gasteiger partial charge is 0.460 e. The zero-order chi connectivity index (χ0) is 35.1. The fourth-order valence-electron chi connectivity index (χ4n) is 9.75. The number of amides is 1. The minimum absolute atomic E-state index is 0.0698. The quantitative estimate of drug-likeness (QED) is 0.238. The standard InChI is InChI=1S/C40H51NO8/c1-38(2,3)49-37(46)41-33(24-12-8-6-9-13-24)34(43)36(45)47-27-18-20-39(4)26(22-27)23-30(48-35(44)25-14-10-7-11-15-25)32-28-16-17-31(42)40(28,5)21-19-29(32)39/h6-15,26-30,32-34,43H,16-23H2,1-5H3,(H,41,46)/t26-,27+,28?,29?,30?,32?,33-,34+,39-,40-/m0/s1. The highest BCUT2D eigenvalue weighted by Gasteiger charge is 2.63. The van der Waals surface area contributed by atoms with Crippen molar-refractivity contribution in [2.45, 2.75) is 116 Å². The first kappa shape index (κ1) is 35.1. The molecule has 6 rings (SSSR count). The Morgan fingerprint density at radius 1 is 0.878 bits per heavy atom. The summed E-state index contributed by atoms with van der Waals surface area (Å²) >= 11 is 0. The Balaban J connectivity index is 1.20. The summed E-state index contributed by atoms with van der Waals surface area (Å²) in [4.78, 5) is 52.9. The Hall–Kier alpha value is -3.72. The average molecular weight is 674 g/mol. The molecule has 9 nitrogen and oxygen atoms in total. The highest BCUT2D eigenvalue weighted by Crippen LogP contribution is 2.66. The number of hydrogen-bond donors (Lipinski definition) is 2. The van der Waals surface area contributed by atoms with Gasteiger partial charge in [-0.05, 0) is 107 Å². The van der Waals surface area contributed by atoms with E-state index in [0.29, 0.717) is 42.6 Å². The Bertz CT molecular complexity index is 1540. The lowest BCUT2D eigenvalue weighted by Crippen LogP contribution is -2.59. The van der Waals surface area contributed by atoms with Gasteiger partial charge in [-0.1, -0.05) is 62.4 Å². The van der Waals surface area contributed by atoms with Crippen LogP contribution in [0.4, 0.5) is 4.79 Å². The van der Waals surface area contributed by atoms with Gasteiger partial charge in [-0.25, -0.2) is 14.4 Å². The number of nitrogens with one attached hydrogen (secondary N) is 1. The highest BCUT2D eigenvalue weighted by atomic mass is 16.6. The lowest BCUT2D eigenvalue weighted by atomic mass is 9.44. The van der Waals surface area contributed by atoms with Gasteiger partial charge >= 0.3 is 18.0 Å². The van der Waals surface area contributed by atoms with Crippen LogP contribution in [-0.4, -0.2) is 52.8 Å². The lowest BCUT2D eigenvalue weighted by molar-refractivity contribution is -0.184. The Morgan fingerprint density at radius 3 is 2.22 bits per heavy atom. The maximum Gasteiger partial charge on any atom is 0.408 e. The first-order chi connectivity index (χ1) is 23.2. The Kier molecular flexibility index (Phi) is 9.70. The van der Waals surface area contributed by atoms with Gasteiger partial charge in [0.1, 0.15) is 23.6 Å². The third-order valence-corrected chi connectivity index (χ3v) is 12.3. The zero-order valence-corrected chi connectivity index (χ0v) is 29.4. The summed E-state index contributed by atoms with van der Waals surface area (Å²) in [7, 11) is 0. The topological polar surface area (TPSA) is 128 Å². The monoisotopic (exact) mass is 673 g/mol. The van der Waals surface area contributed by atoms with E-state index in [1.807, 2.05) is 24.3 Å². The molecule has 4 aliphatic carbocycles. The minimum atomic E-state index is -1.66. The molecule has 4 aliphatic rings. The second kappa shape index (κ2) is 13.5. The molecule has 49 heavy (non-hydrogen) atoms. The molecule has 0 aliphatic heterocycles. The van der Waals surface area contributed by atoms with Crippen molar-refractivity contribution < 1.29 is 38.5 Å². The number of alkyl carbamates (subject to hydrolysis) is 1. The second-order valence-corrected chi connectivity index (χ2v) is 16.3. The number of esters is 2. The fourth-order valence-corrected chi connectivity index (χ4v) is 9.75. The van der Waals surface area contributed by atoms with Gasteiger partial charge in [0.05, 0.1) is 11.6 Å². The molecule has 0 saturated heterocycles. The third kappa shape index (κ3) is 7.01. The van der Waals surface area contributed by atoms with Crippen LogP contribution in [-0.2, 0) is 23.8 Å². The molecule has 0 aromatic heterocycles. The summed E-state index contributed by atoms with van der Waals surface area (Å²) in [5, 5.41) is 14.0. The van der Waals surface area contributed by atoms with Crippen molar-refractivity contribution in [2.24, 2.45) is 34.5 Å². The predicted molar refractivity (Wildman–Crippen MR) is 182 cm³/mol. The SMILES string of the molecule is CC(C)(C)OC(=O)N[C@@H](c1ccccc1)[C@@H](O)C(=O)O[C@@H]1CC[C@]2(C)C3CC[C@]4(C)C(=O)CCC4C3C(OC(=O)c3ccccc3)C[C@@H]2C1. The smallest absolute Gasteiger partial charge is 0.408 e. The molecule has 2 aromatic carbocycles. The number of Topliss-reactive ketones (excluding diaryl/α,β-unsaturated/α-hetero) is 1. The number of carbonyl (C=O) groups is 4. The van der Waals surface area contributed by atoms with Crippen LogP contribution in [0.2, 0.25) is 0 Å². The molecule has 4 saturated carbocycles. The summed E-state index contributed by atoms with van der Waals surface area (Å²) < 4.78 is 17.8. The Morgan fingerprint density at radius 2 is 1.55 bits per heavy atom. The summed E-state index contributed by atoms with van der Waals surface area (Å²) in [5.41, 5.74) is -0.161. The maximum atomic E-state index is 13.6. The van der Waals surface area contributed by atoms with Gasteiger partial charge in [0, 0.05) is 17.8 Å². The van der Waals surface area contributed by atoms with Gasteiger partial charge in [0.2, 0.25) is 0 Å². The number of carbonyl (C=O) groups excluding carboxylic acids is 4. The van der Waals surface area contributed by atoms with Gasteiger partial charge < -0.3 is 24.6 Å². The van der Waals surface area contributed by atoms with E-state index in [9.17, 15) is 24.3 Å². The summed E-state index contributed by atoms with van der Waals surface area (Å²) in [5.74, 6) is -0.189. The molecule has 4 unspecified atom stereocenters. The van der Waals surface area contributed by atoms with Crippen molar-refractivity contribution in [2.75, 3.05) is 0 Å². The molecule has 9 heteroatoms. The number of ether oxygens (including phenoxy) is 3. The van der Waals surface area contributed by atoms with E-state index < -0.39 is 35.9 Å². The van der Waals surface area contributed by atoms with Crippen molar-refractivity contribution in [3.8, 4) is 0 Å². The van der Waals surface area contributed by atoms with E-state index in [1.165, 1.54) is 0 Å². The number of aliphatic hydroxyl groups is 1. The van der Waals surface area contributed by atoms with E-state index in [2.05, 4.69) is 19.2 Å². The first-order valence-corrected chi connectivity index (χ1v) is 17.9. The van der Waals surface area contributed by atoms with Crippen LogP contribution >= 0.6 is 0 Å². The van der Waals surface area contributed by atoms with Crippen LogP contribution in [0.5, 0.6) is 0 Å². The second-order valence-electron chi connectivity index (χ2n) is 16.3. The fraction of sp³-hybridized carbons (Fsp3) is 0.600. The number of rotatable bonds is 7. The molecular formula is C40H51NO8. The number of fused-ring (bicyclic) bond motifs is 5. The first-order valence-electron chi connectivity index (χ1n) is 17.9. The average Bonchev–Trinajstić information content (AvgIpc) is 3.37. The van der Waals surface area contributed by atoms with Crippen LogP contribution in [0.1, 0.15) is 108 Å². The van der Waals surface area contributed by atoms with Crippen LogP contribution in [0.25, 0.3) is 0 Å². The summed E-state index contributed by atoms with van der Waals surface area (Å²) in [6.45, 7) is 9.69. The third-order valence-electron chi connectivity index (χ3n) is 12.3. The molecule has 2 aromatic rings. The highest BCUT2D eigenvalue weighted by molar-refractivity contribution is 5.89.